The van der Waals surface area contributed by atoms with Crippen molar-refractivity contribution >= 4 is 11.6 Å². The SMILES string of the molecule is COc1ccc(CNC(C)c2ncn[nH]2)c(Cl)c1OC. The standard InChI is InChI=1S/C13H17ClN4O2/c1-8(13-16-7-17-18-13)15-6-9-4-5-10(19-2)12(20-3)11(9)14/h4-5,7-8,15H,6H2,1-3H3,(H,16,17,18). The van der Waals surface area contributed by atoms with Gasteiger partial charge in [-0.3, -0.25) is 5.10 Å². The van der Waals surface area contributed by atoms with Crippen molar-refractivity contribution in [3.8, 4) is 11.5 Å². The number of aromatic nitrogens is 3. The lowest BCUT2D eigenvalue weighted by molar-refractivity contribution is 0.354. The molecule has 0 aliphatic carbocycles. The van der Waals surface area contributed by atoms with E-state index in [0.29, 0.717) is 23.1 Å². The molecule has 0 bridgehead atoms. The van der Waals surface area contributed by atoms with Gasteiger partial charge in [-0.2, -0.15) is 5.10 Å². The van der Waals surface area contributed by atoms with Crippen LogP contribution in [-0.2, 0) is 6.54 Å². The number of halogens is 1. The van der Waals surface area contributed by atoms with Gasteiger partial charge in [0, 0.05) is 6.54 Å². The number of hydrogen-bond donors (Lipinski definition) is 2. The number of H-pyrrole nitrogens is 1. The van der Waals surface area contributed by atoms with Crippen molar-refractivity contribution < 1.29 is 9.47 Å². The molecular weight excluding hydrogens is 280 g/mol. The van der Waals surface area contributed by atoms with Crippen LogP contribution in [-0.4, -0.2) is 29.4 Å². The summed E-state index contributed by atoms with van der Waals surface area (Å²) in [5, 5.41) is 10.5. The Kier molecular flexibility index (Phi) is 4.81. The zero-order valence-corrected chi connectivity index (χ0v) is 12.4. The molecule has 0 amide bonds. The number of methoxy groups -OCH3 is 2. The molecule has 0 spiro atoms. The molecule has 20 heavy (non-hydrogen) atoms. The molecule has 0 aliphatic heterocycles. The summed E-state index contributed by atoms with van der Waals surface area (Å²) < 4.78 is 10.5. The van der Waals surface area contributed by atoms with Crippen LogP contribution < -0.4 is 14.8 Å². The van der Waals surface area contributed by atoms with Crippen LogP contribution >= 0.6 is 11.6 Å². The number of benzene rings is 1. The van der Waals surface area contributed by atoms with Crippen LogP contribution in [0.3, 0.4) is 0 Å². The van der Waals surface area contributed by atoms with Gasteiger partial charge in [0.15, 0.2) is 11.5 Å². The van der Waals surface area contributed by atoms with E-state index in [1.807, 2.05) is 19.1 Å². The van der Waals surface area contributed by atoms with Crippen LogP contribution in [0.4, 0.5) is 0 Å². The van der Waals surface area contributed by atoms with Crippen LogP contribution in [0, 0.1) is 0 Å². The maximum absolute atomic E-state index is 6.32. The number of aromatic amines is 1. The third-order valence-electron chi connectivity index (χ3n) is 3.01. The molecule has 1 aromatic heterocycles. The highest BCUT2D eigenvalue weighted by Gasteiger charge is 2.14. The molecule has 108 valence electrons. The maximum atomic E-state index is 6.32. The van der Waals surface area contributed by atoms with Crippen molar-refractivity contribution in [2.24, 2.45) is 0 Å². The first-order chi connectivity index (χ1) is 9.67. The largest absolute Gasteiger partial charge is 0.493 e. The normalized spacial score (nSPS) is 12.2. The van der Waals surface area contributed by atoms with E-state index in [0.717, 1.165) is 11.4 Å². The van der Waals surface area contributed by atoms with Gasteiger partial charge < -0.3 is 14.8 Å². The molecule has 0 saturated heterocycles. The molecule has 1 heterocycles. The zero-order valence-electron chi connectivity index (χ0n) is 11.6. The second-order valence-electron chi connectivity index (χ2n) is 4.25. The van der Waals surface area contributed by atoms with Gasteiger partial charge in [-0.1, -0.05) is 17.7 Å². The van der Waals surface area contributed by atoms with Crippen molar-refractivity contribution in [2.75, 3.05) is 14.2 Å². The highest BCUT2D eigenvalue weighted by molar-refractivity contribution is 6.33. The highest BCUT2D eigenvalue weighted by atomic mass is 35.5. The molecular formula is C13H17ClN4O2. The highest BCUT2D eigenvalue weighted by Crippen LogP contribution is 2.37. The van der Waals surface area contributed by atoms with Crippen molar-refractivity contribution in [1.82, 2.24) is 20.5 Å². The van der Waals surface area contributed by atoms with E-state index in [4.69, 9.17) is 21.1 Å². The quantitative estimate of drug-likeness (QED) is 0.856. The molecule has 6 nitrogen and oxygen atoms in total. The number of ether oxygens (including phenoxy) is 2. The van der Waals surface area contributed by atoms with Gasteiger partial charge in [0.25, 0.3) is 0 Å². The molecule has 7 heteroatoms. The van der Waals surface area contributed by atoms with Crippen LogP contribution in [0.5, 0.6) is 11.5 Å². The van der Waals surface area contributed by atoms with E-state index in [-0.39, 0.29) is 6.04 Å². The summed E-state index contributed by atoms with van der Waals surface area (Å²) in [5.74, 6) is 1.94. The fourth-order valence-corrected chi connectivity index (χ4v) is 2.15. The van der Waals surface area contributed by atoms with Gasteiger partial charge in [0.1, 0.15) is 12.2 Å². The molecule has 1 atom stereocenters. The third-order valence-corrected chi connectivity index (χ3v) is 3.42. The van der Waals surface area contributed by atoms with Gasteiger partial charge in [-0.15, -0.1) is 0 Å². The Morgan fingerprint density at radius 1 is 1.35 bits per heavy atom. The van der Waals surface area contributed by atoms with Crippen LogP contribution in [0.15, 0.2) is 18.5 Å². The Morgan fingerprint density at radius 3 is 2.75 bits per heavy atom. The fourth-order valence-electron chi connectivity index (χ4n) is 1.85. The smallest absolute Gasteiger partial charge is 0.179 e. The van der Waals surface area contributed by atoms with Crippen LogP contribution in [0.2, 0.25) is 5.02 Å². The summed E-state index contributed by atoms with van der Waals surface area (Å²) in [6, 6.07) is 3.78. The average molecular weight is 297 g/mol. The second kappa shape index (κ2) is 6.58. The minimum Gasteiger partial charge on any atom is -0.493 e. The fraction of sp³-hybridized carbons (Fsp3) is 0.385. The molecule has 0 fully saturated rings. The van der Waals surface area contributed by atoms with E-state index >= 15 is 0 Å². The number of rotatable bonds is 6. The van der Waals surface area contributed by atoms with Crippen molar-refractivity contribution in [3.63, 3.8) is 0 Å². The average Bonchev–Trinajstić information content (AvgIpc) is 2.99. The van der Waals surface area contributed by atoms with Crippen LogP contribution in [0.1, 0.15) is 24.4 Å². The summed E-state index contributed by atoms with van der Waals surface area (Å²) in [6.07, 6.45) is 1.48. The van der Waals surface area contributed by atoms with Gasteiger partial charge in [0.05, 0.1) is 25.3 Å². The number of nitrogens with one attached hydrogen (secondary N) is 2. The van der Waals surface area contributed by atoms with Crippen LogP contribution in [0.25, 0.3) is 0 Å². The summed E-state index contributed by atoms with van der Waals surface area (Å²) >= 11 is 6.32. The van der Waals surface area contributed by atoms with E-state index in [2.05, 4.69) is 20.5 Å². The summed E-state index contributed by atoms with van der Waals surface area (Å²) in [7, 11) is 3.15. The Bertz CT molecular complexity index is 560. The third kappa shape index (κ3) is 3.02. The predicted molar refractivity (Wildman–Crippen MR) is 76.2 cm³/mol. The van der Waals surface area contributed by atoms with Crippen molar-refractivity contribution in [1.29, 1.82) is 0 Å². The number of nitrogens with zero attached hydrogens (tertiary/aromatic N) is 2. The molecule has 0 saturated carbocycles. The van der Waals surface area contributed by atoms with E-state index in [1.165, 1.54) is 6.33 Å². The van der Waals surface area contributed by atoms with Gasteiger partial charge in [-0.25, -0.2) is 4.98 Å². The van der Waals surface area contributed by atoms with E-state index in [9.17, 15) is 0 Å². The Morgan fingerprint density at radius 2 is 2.15 bits per heavy atom. The van der Waals surface area contributed by atoms with Crippen molar-refractivity contribution in [3.05, 3.63) is 34.9 Å². The topological polar surface area (TPSA) is 72.1 Å². The Hall–Kier alpha value is -1.79. The predicted octanol–water partition coefficient (Wildman–Crippen LogP) is 2.33. The minimum atomic E-state index is 0.0432. The zero-order chi connectivity index (χ0) is 14.5. The first-order valence-corrected chi connectivity index (χ1v) is 6.53. The Labute approximate surface area is 122 Å². The first kappa shape index (κ1) is 14.6. The molecule has 2 aromatic rings. The minimum absolute atomic E-state index is 0.0432. The molecule has 2 N–H and O–H groups in total. The summed E-state index contributed by atoms with van der Waals surface area (Å²) in [5.41, 5.74) is 0.927. The first-order valence-electron chi connectivity index (χ1n) is 6.15. The monoisotopic (exact) mass is 296 g/mol. The molecule has 2 rings (SSSR count). The second-order valence-corrected chi connectivity index (χ2v) is 4.63. The van der Waals surface area contributed by atoms with E-state index < -0.39 is 0 Å². The number of hydrogen-bond acceptors (Lipinski definition) is 5. The summed E-state index contributed by atoms with van der Waals surface area (Å²) in [4.78, 5) is 4.11. The van der Waals surface area contributed by atoms with Gasteiger partial charge in [0.2, 0.25) is 0 Å². The summed E-state index contributed by atoms with van der Waals surface area (Å²) in [6.45, 7) is 2.58. The molecule has 1 unspecified atom stereocenters. The maximum Gasteiger partial charge on any atom is 0.179 e. The van der Waals surface area contributed by atoms with Crippen molar-refractivity contribution in [2.45, 2.75) is 19.5 Å². The lowest BCUT2D eigenvalue weighted by Gasteiger charge is -2.15. The van der Waals surface area contributed by atoms with Gasteiger partial charge >= 0.3 is 0 Å². The van der Waals surface area contributed by atoms with Gasteiger partial charge in [-0.05, 0) is 18.6 Å². The molecule has 1 aromatic carbocycles. The lowest BCUT2D eigenvalue weighted by Crippen LogP contribution is -2.19. The Balaban J connectivity index is 2.10. The molecule has 0 aliphatic rings. The lowest BCUT2D eigenvalue weighted by atomic mass is 10.2. The molecule has 0 radical (unpaired) electrons. The van der Waals surface area contributed by atoms with E-state index in [1.54, 1.807) is 14.2 Å².